The van der Waals surface area contributed by atoms with Crippen LogP contribution < -0.4 is 11.1 Å². The number of carbonyl (C=O) groups is 1. The van der Waals surface area contributed by atoms with Crippen molar-refractivity contribution >= 4 is 11.6 Å². The maximum absolute atomic E-state index is 11.2. The van der Waals surface area contributed by atoms with Crippen LogP contribution in [0.4, 0.5) is 5.69 Å². The Labute approximate surface area is 102 Å². The fourth-order valence-corrected chi connectivity index (χ4v) is 2.15. The number of hydrogen-bond donors (Lipinski definition) is 2. The fraction of sp³-hybridized carbons (Fsp3) is 0.462. The van der Waals surface area contributed by atoms with Gasteiger partial charge in [-0.15, -0.1) is 0 Å². The molecule has 0 aliphatic carbocycles. The topological polar surface area (TPSA) is 58.4 Å². The number of nitrogens with one attached hydrogen (secondary N) is 1. The van der Waals surface area contributed by atoms with Crippen LogP contribution in [0.2, 0.25) is 0 Å². The fourth-order valence-electron chi connectivity index (χ4n) is 2.15. The van der Waals surface area contributed by atoms with Gasteiger partial charge in [0.05, 0.1) is 0 Å². The van der Waals surface area contributed by atoms with E-state index in [1.807, 2.05) is 6.07 Å². The summed E-state index contributed by atoms with van der Waals surface area (Å²) in [6.07, 6.45) is 1.44. The van der Waals surface area contributed by atoms with Gasteiger partial charge < -0.3 is 16.0 Å². The van der Waals surface area contributed by atoms with E-state index in [-0.39, 0.29) is 5.91 Å². The molecule has 1 aromatic rings. The van der Waals surface area contributed by atoms with Crippen LogP contribution in [0.3, 0.4) is 0 Å². The summed E-state index contributed by atoms with van der Waals surface area (Å²) in [5.41, 5.74) is 9.00. The van der Waals surface area contributed by atoms with Gasteiger partial charge in [-0.25, -0.2) is 0 Å². The van der Waals surface area contributed by atoms with Crippen molar-refractivity contribution < 1.29 is 4.79 Å². The maximum Gasteiger partial charge on any atom is 0.224 e. The van der Waals surface area contributed by atoms with Crippen molar-refractivity contribution in [3.8, 4) is 0 Å². The minimum Gasteiger partial charge on any atom is -0.329 e. The minimum absolute atomic E-state index is 0.116. The van der Waals surface area contributed by atoms with Crippen molar-refractivity contribution in [2.45, 2.75) is 19.4 Å². The third-order valence-corrected chi connectivity index (χ3v) is 3.03. The first-order valence-electron chi connectivity index (χ1n) is 5.99. The molecular weight excluding hydrogens is 214 g/mol. The Morgan fingerprint density at radius 2 is 2.24 bits per heavy atom. The van der Waals surface area contributed by atoms with Crippen LogP contribution in [-0.4, -0.2) is 30.9 Å². The average molecular weight is 233 g/mol. The number of likely N-dealkylation sites (N-methyl/N-ethyl adjacent to an activating group) is 1. The molecule has 0 atom stereocenters. The molecular formula is C13H19N3O. The first-order valence-corrected chi connectivity index (χ1v) is 5.99. The number of carbonyl (C=O) groups excluding carboxylic acids is 1. The summed E-state index contributed by atoms with van der Waals surface area (Å²) in [6, 6.07) is 6.25. The first kappa shape index (κ1) is 12.1. The number of nitrogens with zero attached hydrogens (tertiary/aromatic N) is 1. The van der Waals surface area contributed by atoms with Gasteiger partial charge >= 0.3 is 0 Å². The Morgan fingerprint density at radius 3 is 3.00 bits per heavy atom. The molecule has 1 heterocycles. The molecule has 0 aromatic heterocycles. The zero-order valence-corrected chi connectivity index (χ0v) is 10.2. The largest absolute Gasteiger partial charge is 0.329 e. The Bertz CT molecular complexity index is 417. The number of hydrogen-bond acceptors (Lipinski definition) is 3. The van der Waals surface area contributed by atoms with Crippen LogP contribution in [0.15, 0.2) is 18.2 Å². The van der Waals surface area contributed by atoms with Gasteiger partial charge in [-0.05, 0) is 30.7 Å². The van der Waals surface area contributed by atoms with Crippen LogP contribution in [0.1, 0.15) is 17.5 Å². The second-order valence-electron chi connectivity index (χ2n) is 4.57. The number of anilines is 1. The summed E-state index contributed by atoms with van der Waals surface area (Å²) in [7, 11) is 2.06. The zero-order valence-electron chi connectivity index (χ0n) is 10.2. The average Bonchev–Trinajstić information content (AvgIpc) is 2.29. The number of rotatable bonds is 4. The molecule has 0 saturated carbocycles. The molecule has 0 saturated heterocycles. The predicted molar refractivity (Wildman–Crippen MR) is 68.8 cm³/mol. The normalized spacial score (nSPS) is 14.6. The van der Waals surface area contributed by atoms with Crippen molar-refractivity contribution in [2.75, 3.05) is 25.5 Å². The Balaban J connectivity index is 2.08. The summed E-state index contributed by atoms with van der Waals surface area (Å²) in [6.45, 7) is 2.48. The quantitative estimate of drug-likeness (QED) is 0.814. The van der Waals surface area contributed by atoms with E-state index >= 15 is 0 Å². The summed E-state index contributed by atoms with van der Waals surface area (Å²) < 4.78 is 0. The lowest BCUT2D eigenvalue weighted by atomic mass is 10.0. The van der Waals surface area contributed by atoms with Crippen molar-refractivity contribution in [1.82, 2.24) is 4.90 Å². The SMILES string of the molecule is CN(CCN)Cc1ccc2c(c1)CCC(=O)N2. The smallest absolute Gasteiger partial charge is 0.224 e. The lowest BCUT2D eigenvalue weighted by Crippen LogP contribution is -2.25. The van der Waals surface area contributed by atoms with Crippen LogP contribution in [-0.2, 0) is 17.8 Å². The molecule has 1 aromatic carbocycles. The van der Waals surface area contributed by atoms with Gasteiger partial charge in [-0.2, -0.15) is 0 Å². The Hall–Kier alpha value is -1.39. The summed E-state index contributed by atoms with van der Waals surface area (Å²) >= 11 is 0. The van der Waals surface area contributed by atoms with Gasteiger partial charge in [0.15, 0.2) is 0 Å². The Kier molecular flexibility index (Phi) is 3.76. The highest BCUT2D eigenvalue weighted by molar-refractivity contribution is 5.93. The van der Waals surface area contributed by atoms with Gasteiger partial charge in [-0.1, -0.05) is 12.1 Å². The first-order chi connectivity index (χ1) is 8.19. The number of fused-ring (bicyclic) bond motifs is 1. The highest BCUT2D eigenvalue weighted by Gasteiger charge is 2.14. The number of benzene rings is 1. The van der Waals surface area contributed by atoms with Gasteiger partial charge in [0.2, 0.25) is 5.91 Å². The molecule has 1 aliphatic heterocycles. The zero-order chi connectivity index (χ0) is 12.3. The van der Waals surface area contributed by atoms with Crippen LogP contribution in [0.5, 0.6) is 0 Å². The summed E-state index contributed by atoms with van der Waals surface area (Å²) in [5, 5.41) is 2.89. The van der Waals surface area contributed by atoms with E-state index in [9.17, 15) is 4.79 Å². The van der Waals surface area contributed by atoms with E-state index in [0.717, 1.165) is 25.2 Å². The molecule has 4 nitrogen and oxygen atoms in total. The number of nitrogens with two attached hydrogens (primary N) is 1. The number of amides is 1. The molecule has 17 heavy (non-hydrogen) atoms. The molecule has 3 N–H and O–H groups in total. The van der Waals surface area contributed by atoms with Crippen molar-refractivity contribution in [3.63, 3.8) is 0 Å². The summed E-state index contributed by atoms with van der Waals surface area (Å²) in [4.78, 5) is 13.4. The number of aryl methyl sites for hydroxylation is 1. The highest BCUT2D eigenvalue weighted by Crippen LogP contribution is 2.23. The van der Waals surface area contributed by atoms with Crippen molar-refractivity contribution in [2.24, 2.45) is 5.73 Å². The molecule has 1 amide bonds. The van der Waals surface area contributed by atoms with Gasteiger partial charge in [0.25, 0.3) is 0 Å². The second-order valence-corrected chi connectivity index (χ2v) is 4.57. The second kappa shape index (κ2) is 5.29. The highest BCUT2D eigenvalue weighted by atomic mass is 16.1. The molecule has 0 unspecified atom stereocenters. The lowest BCUT2D eigenvalue weighted by molar-refractivity contribution is -0.116. The van der Waals surface area contributed by atoms with E-state index in [2.05, 4.69) is 29.4 Å². The van der Waals surface area contributed by atoms with Crippen molar-refractivity contribution in [3.05, 3.63) is 29.3 Å². The third kappa shape index (κ3) is 3.05. The molecule has 1 aliphatic rings. The molecule has 0 fully saturated rings. The van der Waals surface area contributed by atoms with E-state index in [0.29, 0.717) is 13.0 Å². The minimum atomic E-state index is 0.116. The third-order valence-electron chi connectivity index (χ3n) is 3.03. The Morgan fingerprint density at radius 1 is 1.41 bits per heavy atom. The lowest BCUT2D eigenvalue weighted by Gasteiger charge is -2.20. The maximum atomic E-state index is 11.2. The van der Waals surface area contributed by atoms with Crippen LogP contribution >= 0.6 is 0 Å². The monoisotopic (exact) mass is 233 g/mol. The standard InChI is InChI=1S/C13H19N3O/c1-16(7-6-14)9-10-2-4-12-11(8-10)3-5-13(17)15-12/h2,4,8H,3,5-7,9,14H2,1H3,(H,15,17). The van der Waals surface area contributed by atoms with E-state index in [1.54, 1.807) is 0 Å². The van der Waals surface area contributed by atoms with E-state index < -0.39 is 0 Å². The van der Waals surface area contributed by atoms with E-state index in [4.69, 9.17) is 5.73 Å². The van der Waals surface area contributed by atoms with Gasteiger partial charge in [0.1, 0.15) is 0 Å². The van der Waals surface area contributed by atoms with Gasteiger partial charge in [-0.3, -0.25) is 4.79 Å². The van der Waals surface area contributed by atoms with Gasteiger partial charge in [0, 0.05) is 31.7 Å². The van der Waals surface area contributed by atoms with Crippen LogP contribution in [0, 0.1) is 0 Å². The molecule has 0 bridgehead atoms. The molecule has 2 rings (SSSR count). The molecule has 92 valence electrons. The molecule has 0 spiro atoms. The summed E-state index contributed by atoms with van der Waals surface area (Å²) in [5.74, 6) is 0.116. The van der Waals surface area contributed by atoms with E-state index in [1.165, 1.54) is 11.1 Å². The van der Waals surface area contributed by atoms with Crippen molar-refractivity contribution in [1.29, 1.82) is 0 Å². The molecule has 0 radical (unpaired) electrons. The molecule has 4 heteroatoms. The van der Waals surface area contributed by atoms with Crippen LogP contribution in [0.25, 0.3) is 0 Å². The predicted octanol–water partition coefficient (Wildman–Crippen LogP) is 0.962.